The minimum absolute atomic E-state index is 0.0152. The highest BCUT2D eigenvalue weighted by atomic mass is 19.3. The van der Waals surface area contributed by atoms with Gasteiger partial charge in [0.05, 0.1) is 24.4 Å². The van der Waals surface area contributed by atoms with Gasteiger partial charge in [-0.2, -0.15) is 4.98 Å². The SMILES string of the molecule is OC1CC([C@@H]2CNC[C@H]2c2nc(-c3cnc(OCC(F)F)cn3)no2)C1. The summed E-state index contributed by atoms with van der Waals surface area (Å²) in [6.07, 6.45) is 1.48. The normalized spacial score (nSPS) is 28.3. The van der Waals surface area contributed by atoms with E-state index in [-0.39, 0.29) is 17.9 Å². The molecule has 0 radical (unpaired) electrons. The van der Waals surface area contributed by atoms with E-state index < -0.39 is 13.0 Å². The van der Waals surface area contributed by atoms with E-state index in [1.54, 1.807) is 0 Å². The number of hydrogen-bond donors (Lipinski definition) is 2. The molecule has 26 heavy (non-hydrogen) atoms. The Hall–Kier alpha value is -2.20. The maximum atomic E-state index is 12.1. The summed E-state index contributed by atoms with van der Waals surface area (Å²) in [6.45, 7) is 0.896. The first-order valence-corrected chi connectivity index (χ1v) is 8.56. The van der Waals surface area contributed by atoms with E-state index in [9.17, 15) is 13.9 Å². The van der Waals surface area contributed by atoms with Gasteiger partial charge in [0, 0.05) is 6.54 Å². The molecule has 3 heterocycles. The van der Waals surface area contributed by atoms with Crippen LogP contribution < -0.4 is 10.1 Å². The molecule has 2 aromatic heterocycles. The molecule has 10 heteroatoms. The minimum atomic E-state index is -2.57. The second kappa shape index (κ2) is 7.20. The van der Waals surface area contributed by atoms with Crippen LogP contribution >= 0.6 is 0 Å². The first kappa shape index (κ1) is 17.2. The Kier molecular flexibility index (Phi) is 4.77. The third-order valence-electron chi connectivity index (χ3n) is 4.99. The van der Waals surface area contributed by atoms with Gasteiger partial charge in [-0.05, 0) is 31.2 Å². The molecule has 1 saturated carbocycles. The van der Waals surface area contributed by atoms with Gasteiger partial charge in [-0.25, -0.2) is 18.7 Å². The van der Waals surface area contributed by atoms with Gasteiger partial charge in [0.1, 0.15) is 5.69 Å². The largest absolute Gasteiger partial charge is 0.470 e. The molecule has 2 fully saturated rings. The fourth-order valence-corrected chi connectivity index (χ4v) is 3.59. The zero-order chi connectivity index (χ0) is 18.1. The lowest BCUT2D eigenvalue weighted by molar-refractivity contribution is 0.0129. The van der Waals surface area contributed by atoms with Crippen LogP contribution in [0.5, 0.6) is 5.88 Å². The average molecular weight is 367 g/mol. The van der Waals surface area contributed by atoms with Gasteiger partial charge in [-0.3, -0.25) is 0 Å². The third kappa shape index (κ3) is 3.51. The second-order valence-corrected chi connectivity index (χ2v) is 6.71. The predicted molar refractivity (Wildman–Crippen MR) is 84.7 cm³/mol. The van der Waals surface area contributed by atoms with Crippen LogP contribution in [0.2, 0.25) is 0 Å². The first-order chi connectivity index (χ1) is 12.6. The number of aliphatic hydroxyl groups excluding tert-OH is 1. The highest BCUT2D eigenvalue weighted by molar-refractivity contribution is 5.46. The molecular formula is C16H19F2N5O3. The van der Waals surface area contributed by atoms with Crippen molar-refractivity contribution in [2.24, 2.45) is 11.8 Å². The van der Waals surface area contributed by atoms with Gasteiger partial charge in [0.25, 0.3) is 6.43 Å². The number of aliphatic hydroxyl groups is 1. The third-order valence-corrected chi connectivity index (χ3v) is 4.99. The van der Waals surface area contributed by atoms with Crippen molar-refractivity contribution < 1.29 is 23.1 Å². The highest BCUT2D eigenvalue weighted by Gasteiger charge is 2.43. The van der Waals surface area contributed by atoms with Gasteiger partial charge in [-0.1, -0.05) is 5.16 Å². The summed E-state index contributed by atoms with van der Waals surface area (Å²) in [7, 11) is 0. The quantitative estimate of drug-likeness (QED) is 0.786. The lowest BCUT2D eigenvalue weighted by Crippen LogP contribution is -2.36. The van der Waals surface area contributed by atoms with Crippen molar-refractivity contribution in [3.63, 3.8) is 0 Å². The number of nitrogens with zero attached hydrogens (tertiary/aromatic N) is 4. The predicted octanol–water partition coefficient (Wildman–Crippen LogP) is 1.24. The van der Waals surface area contributed by atoms with E-state index in [2.05, 4.69) is 25.4 Å². The molecule has 2 aromatic rings. The van der Waals surface area contributed by atoms with Gasteiger partial charge < -0.3 is 19.7 Å². The summed E-state index contributed by atoms with van der Waals surface area (Å²) < 4.78 is 34.5. The molecule has 2 N–H and O–H groups in total. The number of alkyl halides is 2. The lowest BCUT2D eigenvalue weighted by atomic mass is 9.70. The van der Waals surface area contributed by atoms with Gasteiger partial charge >= 0.3 is 0 Å². The summed E-state index contributed by atoms with van der Waals surface area (Å²) in [6, 6.07) is 0. The Morgan fingerprint density at radius 2 is 2.12 bits per heavy atom. The number of rotatable bonds is 6. The van der Waals surface area contributed by atoms with Gasteiger partial charge in [0.15, 0.2) is 6.61 Å². The minimum Gasteiger partial charge on any atom is -0.470 e. The number of hydrogen-bond acceptors (Lipinski definition) is 8. The molecule has 8 nitrogen and oxygen atoms in total. The molecular weight excluding hydrogens is 348 g/mol. The van der Waals surface area contributed by atoms with Crippen molar-refractivity contribution in [3.8, 4) is 17.4 Å². The molecule has 0 spiro atoms. The van der Waals surface area contributed by atoms with Crippen LogP contribution in [0.15, 0.2) is 16.9 Å². The molecule has 1 saturated heterocycles. The molecule has 2 aliphatic rings. The monoisotopic (exact) mass is 367 g/mol. The van der Waals surface area contributed by atoms with Gasteiger partial charge in [-0.15, -0.1) is 0 Å². The Morgan fingerprint density at radius 1 is 1.27 bits per heavy atom. The zero-order valence-corrected chi connectivity index (χ0v) is 13.9. The van der Waals surface area contributed by atoms with E-state index in [0.717, 1.165) is 25.9 Å². The van der Waals surface area contributed by atoms with E-state index >= 15 is 0 Å². The number of nitrogens with one attached hydrogen (secondary N) is 1. The smallest absolute Gasteiger partial charge is 0.272 e. The average Bonchev–Trinajstić information content (AvgIpc) is 3.26. The van der Waals surface area contributed by atoms with E-state index in [0.29, 0.717) is 29.2 Å². The zero-order valence-electron chi connectivity index (χ0n) is 13.9. The van der Waals surface area contributed by atoms with E-state index in [4.69, 9.17) is 9.26 Å². The van der Waals surface area contributed by atoms with Crippen molar-refractivity contribution in [3.05, 3.63) is 18.3 Å². The molecule has 0 amide bonds. The maximum absolute atomic E-state index is 12.1. The highest BCUT2D eigenvalue weighted by Crippen LogP contribution is 2.42. The number of ether oxygens (including phenoxy) is 1. The summed E-state index contributed by atoms with van der Waals surface area (Å²) in [5.74, 6) is 1.79. The molecule has 140 valence electrons. The standard InChI is InChI=1S/C16H19F2N5O3/c17-13(18)7-25-14-6-20-12(5-21-14)15-22-16(26-23-15)11-4-19-3-10(11)8-1-9(24)2-8/h5-6,8-11,13,19,24H,1-4,7H2/t8?,9?,10-,11+/m0/s1. The molecule has 1 aliphatic carbocycles. The topological polar surface area (TPSA) is 106 Å². The van der Waals surface area contributed by atoms with E-state index in [1.165, 1.54) is 12.4 Å². The molecule has 2 atom stereocenters. The molecule has 0 bridgehead atoms. The maximum Gasteiger partial charge on any atom is 0.272 e. The van der Waals surface area contributed by atoms with Gasteiger partial charge in [0.2, 0.25) is 17.6 Å². The summed E-state index contributed by atoms with van der Waals surface area (Å²) >= 11 is 0. The molecule has 4 rings (SSSR count). The van der Waals surface area contributed by atoms with Crippen molar-refractivity contribution >= 4 is 0 Å². The molecule has 1 aliphatic heterocycles. The van der Waals surface area contributed by atoms with Crippen LogP contribution in [-0.4, -0.2) is 57.4 Å². The van der Waals surface area contributed by atoms with Crippen molar-refractivity contribution in [2.75, 3.05) is 19.7 Å². The molecule has 0 aromatic carbocycles. The fourth-order valence-electron chi connectivity index (χ4n) is 3.59. The Balaban J connectivity index is 1.44. The number of halogens is 2. The van der Waals surface area contributed by atoms with Crippen LogP contribution in [-0.2, 0) is 0 Å². The van der Waals surface area contributed by atoms with Crippen LogP contribution in [0.1, 0.15) is 24.7 Å². The Labute approximate surface area is 148 Å². The Morgan fingerprint density at radius 3 is 2.81 bits per heavy atom. The summed E-state index contributed by atoms with van der Waals surface area (Å²) in [5.41, 5.74) is 0.381. The summed E-state index contributed by atoms with van der Waals surface area (Å²) in [5, 5.41) is 16.9. The fraction of sp³-hybridized carbons (Fsp3) is 0.625. The van der Waals surface area contributed by atoms with Crippen LogP contribution in [0.3, 0.4) is 0 Å². The first-order valence-electron chi connectivity index (χ1n) is 8.56. The molecule has 0 unspecified atom stereocenters. The van der Waals surface area contributed by atoms with E-state index in [1.807, 2.05) is 0 Å². The van der Waals surface area contributed by atoms with Crippen LogP contribution in [0.4, 0.5) is 8.78 Å². The summed E-state index contributed by atoms with van der Waals surface area (Å²) in [4.78, 5) is 12.5. The van der Waals surface area contributed by atoms with Crippen molar-refractivity contribution in [1.82, 2.24) is 25.4 Å². The van der Waals surface area contributed by atoms with Crippen LogP contribution in [0.25, 0.3) is 11.5 Å². The Bertz CT molecular complexity index is 736. The van der Waals surface area contributed by atoms with Crippen molar-refractivity contribution in [1.29, 1.82) is 0 Å². The van der Waals surface area contributed by atoms with Crippen molar-refractivity contribution in [2.45, 2.75) is 31.3 Å². The number of aromatic nitrogens is 4. The second-order valence-electron chi connectivity index (χ2n) is 6.71. The lowest BCUT2D eigenvalue weighted by Gasteiger charge is -2.37. The van der Waals surface area contributed by atoms with Crippen LogP contribution in [0, 0.1) is 11.8 Å².